The third-order valence-electron chi connectivity index (χ3n) is 2.61. The van der Waals surface area contributed by atoms with E-state index in [4.69, 9.17) is 25.7 Å². The third-order valence-corrected chi connectivity index (χ3v) is 3.05. The lowest BCUT2D eigenvalue weighted by Gasteiger charge is -2.21. The van der Waals surface area contributed by atoms with Crippen LogP contribution in [0.15, 0.2) is 24.3 Å². The average molecular weight is 338 g/mol. The van der Waals surface area contributed by atoms with Gasteiger partial charge < -0.3 is 20.5 Å². The number of phosphoric acid groups is 1. The molecule has 0 bridgehead atoms. The second kappa shape index (κ2) is 8.79. The van der Waals surface area contributed by atoms with Crippen molar-refractivity contribution in [3.05, 3.63) is 34.4 Å². The maximum absolute atomic E-state index is 10.4. The van der Waals surface area contributed by atoms with Gasteiger partial charge in [0.1, 0.15) is 5.75 Å². The summed E-state index contributed by atoms with van der Waals surface area (Å²) in [7, 11) is -4.60. The van der Waals surface area contributed by atoms with Gasteiger partial charge in [0.15, 0.2) is 0 Å². The molecule has 1 aromatic carbocycles. The van der Waals surface area contributed by atoms with Crippen molar-refractivity contribution in [1.29, 1.82) is 0 Å². The maximum Gasteiger partial charge on any atom is 0.524 e. The maximum atomic E-state index is 10.4. The van der Waals surface area contributed by atoms with Crippen LogP contribution in [-0.2, 0) is 4.57 Å². The summed E-state index contributed by atoms with van der Waals surface area (Å²) in [6.07, 6.45) is 0.597. The highest BCUT2D eigenvalue weighted by molar-refractivity contribution is 7.46. The summed E-state index contributed by atoms with van der Waals surface area (Å²) >= 11 is 0. The number of aliphatic hydroxyl groups excluding tert-OH is 2. The predicted molar refractivity (Wildman–Crippen MR) is 77.1 cm³/mol. The van der Waals surface area contributed by atoms with Gasteiger partial charge in [-0.25, -0.2) is 4.57 Å². The number of nitrogens with two attached hydrogens (primary N) is 1. The number of aliphatic hydroxyl groups is 2. The zero-order chi connectivity index (χ0) is 17.4. The van der Waals surface area contributed by atoms with Gasteiger partial charge in [-0.3, -0.25) is 19.9 Å². The smallest absolute Gasteiger partial charge is 0.404 e. The lowest BCUT2D eigenvalue weighted by atomic mass is 10.0. The summed E-state index contributed by atoms with van der Waals surface area (Å²) in [6, 6.07) is 4.39. The Morgan fingerprint density at radius 2 is 1.73 bits per heavy atom. The van der Waals surface area contributed by atoms with E-state index in [0.29, 0.717) is 6.42 Å². The van der Waals surface area contributed by atoms with Crippen LogP contribution in [0.5, 0.6) is 5.75 Å². The largest absolute Gasteiger partial charge is 0.524 e. The second-order valence-electron chi connectivity index (χ2n) is 4.37. The minimum atomic E-state index is -4.60. The fourth-order valence-electron chi connectivity index (χ4n) is 1.04. The molecular formula is C11H19N2O8P. The zero-order valence-electron chi connectivity index (χ0n) is 11.8. The molecular weight excluding hydrogens is 319 g/mol. The SMILES string of the molecule is CCC(N)(CO)CO.O=[N+]([O-])c1ccc(OP(=O)(O)O)cc1. The molecule has 0 atom stereocenters. The number of nitro groups is 1. The number of non-ortho nitro benzene ring substituents is 1. The van der Waals surface area contributed by atoms with Crippen LogP contribution < -0.4 is 10.3 Å². The number of phosphoric ester groups is 1. The van der Waals surface area contributed by atoms with Crippen molar-refractivity contribution in [3.63, 3.8) is 0 Å². The van der Waals surface area contributed by atoms with E-state index in [9.17, 15) is 14.7 Å². The highest BCUT2D eigenvalue weighted by Gasteiger charge is 2.19. The van der Waals surface area contributed by atoms with Crippen LogP contribution in [0, 0.1) is 10.1 Å². The van der Waals surface area contributed by atoms with Gasteiger partial charge in [-0.15, -0.1) is 0 Å². The van der Waals surface area contributed by atoms with Crippen LogP contribution in [0.3, 0.4) is 0 Å². The molecule has 1 rings (SSSR count). The number of rotatable bonds is 6. The number of hydrogen-bond donors (Lipinski definition) is 5. The van der Waals surface area contributed by atoms with Crippen LogP contribution >= 0.6 is 7.82 Å². The molecule has 0 fully saturated rings. The molecule has 10 nitrogen and oxygen atoms in total. The Balaban J connectivity index is 0.000000472. The highest BCUT2D eigenvalue weighted by atomic mass is 31.2. The van der Waals surface area contributed by atoms with Gasteiger partial charge in [0.25, 0.3) is 5.69 Å². The number of nitro benzene ring substituents is 1. The molecule has 0 saturated heterocycles. The van der Waals surface area contributed by atoms with E-state index in [1.54, 1.807) is 0 Å². The topological polar surface area (TPSA) is 176 Å². The lowest BCUT2D eigenvalue weighted by molar-refractivity contribution is -0.384. The molecule has 6 N–H and O–H groups in total. The van der Waals surface area contributed by atoms with Gasteiger partial charge in [0.05, 0.1) is 23.7 Å². The Labute approximate surface area is 126 Å². The van der Waals surface area contributed by atoms with Crippen molar-refractivity contribution in [2.75, 3.05) is 13.2 Å². The first-order valence-corrected chi connectivity index (χ1v) is 7.60. The van der Waals surface area contributed by atoms with E-state index in [1.165, 1.54) is 0 Å². The molecule has 0 unspecified atom stereocenters. The first-order chi connectivity index (χ1) is 10.1. The molecule has 0 aliphatic heterocycles. The molecule has 126 valence electrons. The molecule has 0 saturated carbocycles. The van der Waals surface area contributed by atoms with Crippen molar-refractivity contribution >= 4 is 13.5 Å². The molecule has 0 aromatic heterocycles. The Bertz CT molecular complexity index is 503. The molecule has 0 aliphatic carbocycles. The fraction of sp³-hybridized carbons (Fsp3) is 0.455. The average Bonchev–Trinajstić information content (AvgIpc) is 2.46. The Hall–Kier alpha value is -1.55. The summed E-state index contributed by atoms with van der Waals surface area (Å²) in [4.78, 5) is 26.4. The summed E-state index contributed by atoms with van der Waals surface area (Å²) in [6.45, 7) is 1.52. The fourth-order valence-corrected chi connectivity index (χ4v) is 1.44. The summed E-state index contributed by atoms with van der Waals surface area (Å²) in [5.41, 5.74) is 4.45. The van der Waals surface area contributed by atoms with Crippen LogP contribution in [0.25, 0.3) is 0 Å². The van der Waals surface area contributed by atoms with E-state index >= 15 is 0 Å². The number of hydrogen-bond acceptors (Lipinski definition) is 7. The van der Waals surface area contributed by atoms with Crippen molar-refractivity contribution in [3.8, 4) is 5.75 Å². The molecule has 0 heterocycles. The van der Waals surface area contributed by atoms with Crippen LogP contribution in [0.2, 0.25) is 0 Å². The van der Waals surface area contributed by atoms with Crippen LogP contribution in [0.4, 0.5) is 5.69 Å². The van der Waals surface area contributed by atoms with E-state index < -0.39 is 18.3 Å². The minimum Gasteiger partial charge on any atom is -0.404 e. The second-order valence-corrected chi connectivity index (χ2v) is 5.53. The van der Waals surface area contributed by atoms with Crippen LogP contribution in [-0.4, -0.2) is 43.7 Å². The van der Waals surface area contributed by atoms with Crippen molar-refractivity contribution in [1.82, 2.24) is 0 Å². The van der Waals surface area contributed by atoms with Crippen LogP contribution in [0.1, 0.15) is 13.3 Å². The van der Waals surface area contributed by atoms with Crippen molar-refractivity contribution < 1.29 is 34.0 Å². The summed E-state index contributed by atoms with van der Waals surface area (Å²) in [5, 5.41) is 27.2. The Morgan fingerprint density at radius 1 is 1.27 bits per heavy atom. The number of nitrogens with zero attached hydrogens (tertiary/aromatic N) is 1. The first-order valence-electron chi connectivity index (χ1n) is 6.07. The van der Waals surface area contributed by atoms with E-state index in [-0.39, 0.29) is 24.7 Å². The molecule has 0 amide bonds. The number of benzene rings is 1. The first kappa shape index (κ1) is 20.5. The van der Waals surface area contributed by atoms with Gasteiger partial charge in [-0.05, 0) is 18.6 Å². The van der Waals surface area contributed by atoms with Gasteiger partial charge in [-0.1, -0.05) is 6.92 Å². The van der Waals surface area contributed by atoms with Gasteiger partial charge in [-0.2, -0.15) is 0 Å². The standard InChI is InChI=1S/C6H6NO6P.C5H13NO2/c8-7(9)5-1-3-6(4-2-5)13-14(10,11)12;1-2-5(6,3-7)4-8/h1-4H,(H2,10,11,12);7-8H,2-4,6H2,1H3. The predicted octanol–water partition coefficient (Wildman–Crippen LogP) is 0.145. The van der Waals surface area contributed by atoms with E-state index in [2.05, 4.69) is 4.52 Å². The summed E-state index contributed by atoms with van der Waals surface area (Å²) in [5.74, 6) is -0.121. The quantitative estimate of drug-likeness (QED) is 0.274. The van der Waals surface area contributed by atoms with Gasteiger partial charge in [0, 0.05) is 12.1 Å². The Kier molecular flexibility index (Phi) is 8.17. The van der Waals surface area contributed by atoms with Crippen molar-refractivity contribution in [2.45, 2.75) is 18.9 Å². The zero-order valence-corrected chi connectivity index (χ0v) is 12.7. The molecule has 1 aromatic rings. The minimum absolute atomic E-state index is 0.121. The van der Waals surface area contributed by atoms with Gasteiger partial charge >= 0.3 is 7.82 Å². The van der Waals surface area contributed by atoms with Gasteiger partial charge in [0.2, 0.25) is 0 Å². The molecule has 22 heavy (non-hydrogen) atoms. The lowest BCUT2D eigenvalue weighted by Crippen LogP contribution is -2.46. The summed E-state index contributed by atoms with van der Waals surface area (Å²) < 4.78 is 14.5. The monoisotopic (exact) mass is 338 g/mol. The molecule has 0 aliphatic rings. The Morgan fingerprint density at radius 3 is 1.95 bits per heavy atom. The van der Waals surface area contributed by atoms with Crippen molar-refractivity contribution in [2.24, 2.45) is 5.73 Å². The molecule has 0 radical (unpaired) electrons. The normalized spacial score (nSPS) is 11.4. The highest BCUT2D eigenvalue weighted by Crippen LogP contribution is 2.37. The van der Waals surface area contributed by atoms with E-state index in [0.717, 1.165) is 24.3 Å². The molecule has 0 spiro atoms. The van der Waals surface area contributed by atoms with E-state index in [1.807, 2.05) is 6.92 Å². The molecule has 11 heteroatoms. The third kappa shape index (κ3) is 8.03.